The summed E-state index contributed by atoms with van der Waals surface area (Å²) in [6.07, 6.45) is 2.14. The number of nitrogens with one attached hydrogen (secondary N) is 2. The van der Waals surface area contributed by atoms with Crippen LogP contribution in [0.2, 0.25) is 0 Å². The Morgan fingerprint density at radius 3 is 3.12 bits per heavy atom. The van der Waals surface area contributed by atoms with Crippen molar-refractivity contribution in [2.45, 2.75) is 31.8 Å². The zero-order valence-corrected chi connectivity index (χ0v) is 14.2. The first-order chi connectivity index (χ1) is 11.7. The molecular formula is C18H19N3O2S. The number of hydrogen-bond acceptors (Lipinski definition) is 4. The molecule has 5 nitrogen and oxygen atoms in total. The maximum atomic E-state index is 12.4. The van der Waals surface area contributed by atoms with Crippen molar-refractivity contribution in [3.63, 3.8) is 0 Å². The number of anilines is 1. The monoisotopic (exact) mass is 341 g/mol. The van der Waals surface area contributed by atoms with Crippen LogP contribution in [0.15, 0.2) is 35.7 Å². The van der Waals surface area contributed by atoms with E-state index in [0.29, 0.717) is 0 Å². The highest BCUT2D eigenvalue weighted by atomic mass is 32.1. The third-order valence-electron chi connectivity index (χ3n) is 4.37. The summed E-state index contributed by atoms with van der Waals surface area (Å²) in [7, 11) is 0. The Bertz CT molecular complexity index is 850. The molecule has 0 saturated carbocycles. The van der Waals surface area contributed by atoms with Crippen LogP contribution in [0.4, 0.5) is 5.69 Å². The topological polar surface area (TPSA) is 67.0 Å². The van der Waals surface area contributed by atoms with Gasteiger partial charge in [-0.15, -0.1) is 11.3 Å². The molecule has 0 spiro atoms. The molecular weight excluding hydrogens is 322 g/mol. The van der Waals surface area contributed by atoms with E-state index in [4.69, 9.17) is 4.74 Å². The van der Waals surface area contributed by atoms with Crippen LogP contribution in [0.3, 0.4) is 0 Å². The van der Waals surface area contributed by atoms with Gasteiger partial charge in [0.1, 0.15) is 11.9 Å². The summed E-state index contributed by atoms with van der Waals surface area (Å²) in [5, 5.41) is 4.98. The Hall–Kier alpha value is -2.18. The fraction of sp³-hybridized carbons (Fsp3) is 0.333. The maximum absolute atomic E-state index is 12.4. The van der Waals surface area contributed by atoms with Gasteiger partial charge in [0, 0.05) is 17.2 Å². The number of imidazole rings is 1. The Labute approximate surface area is 144 Å². The average molecular weight is 341 g/mol. The normalized spacial score (nSPS) is 18.8. The first-order valence-electron chi connectivity index (χ1n) is 8.16. The van der Waals surface area contributed by atoms with Crippen LogP contribution in [0, 0.1) is 0 Å². The molecule has 2 atom stereocenters. The van der Waals surface area contributed by atoms with Crippen LogP contribution in [0.5, 0.6) is 0 Å². The summed E-state index contributed by atoms with van der Waals surface area (Å²) >= 11 is 1.60. The molecule has 0 bridgehead atoms. The summed E-state index contributed by atoms with van der Waals surface area (Å²) in [4.78, 5) is 21.4. The molecule has 1 saturated heterocycles. The molecule has 1 fully saturated rings. The standard InChI is InChI=1S/C18H19N3O2S/c1-11(16-5-3-9-24-16)18(22)19-12-6-7-13-14(10-12)21-17(20-13)15-4-2-8-23-15/h3,5-7,9-11,15H,2,4,8H2,1H3,(H,19,22)(H,20,21)/t11-,15+/m1/s1. The zero-order valence-electron chi connectivity index (χ0n) is 13.4. The minimum Gasteiger partial charge on any atom is -0.370 e. The van der Waals surface area contributed by atoms with Crippen LogP contribution in [0.25, 0.3) is 11.0 Å². The molecule has 0 aliphatic carbocycles. The summed E-state index contributed by atoms with van der Waals surface area (Å²) < 4.78 is 5.67. The Balaban J connectivity index is 1.53. The highest BCUT2D eigenvalue weighted by Crippen LogP contribution is 2.29. The number of fused-ring (bicyclic) bond motifs is 1. The van der Waals surface area contributed by atoms with Gasteiger partial charge in [0.05, 0.1) is 17.0 Å². The van der Waals surface area contributed by atoms with Crippen molar-refractivity contribution < 1.29 is 9.53 Å². The van der Waals surface area contributed by atoms with Gasteiger partial charge < -0.3 is 15.0 Å². The van der Waals surface area contributed by atoms with Gasteiger partial charge in [-0.25, -0.2) is 4.98 Å². The fourth-order valence-electron chi connectivity index (χ4n) is 2.97. The number of thiophene rings is 1. The third-order valence-corrected chi connectivity index (χ3v) is 5.42. The van der Waals surface area contributed by atoms with Crippen molar-refractivity contribution in [3.8, 4) is 0 Å². The lowest BCUT2D eigenvalue weighted by Gasteiger charge is -2.10. The van der Waals surface area contributed by atoms with E-state index in [9.17, 15) is 4.79 Å². The quantitative estimate of drug-likeness (QED) is 0.747. The number of benzene rings is 1. The molecule has 6 heteroatoms. The predicted octanol–water partition coefficient (Wildman–Crippen LogP) is 4.22. The summed E-state index contributed by atoms with van der Waals surface area (Å²) in [5.41, 5.74) is 2.59. The number of aromatic nitrogens is 2. The molecule has 1 aliphatic rings. The first kappa shape index (κ1) is 15.4. The number of carbonyl (C=O) groups excluding carboxylic acids is 1. The number of H-pyrrole nitrogens is 1. The highest BCUT2D eigenvalue weighted by Gasteiger charge is 2.21. The minimum atomic E-state index is -0.162. The molecule has 2 N–H and O–H groups in total. The largest absolute Gasteiger partial charge is 0.370 e. The lowest BCUT2D eigenvalue weighted by atomic mass is 10.1. The number of aromatic amines is 1. The molecule has 0 unspecified atom stereocenters. The van der Waals surface area contributed by atoms with Crippen molar-refractivity contribution >= 4 is 34.0 Å². The van der Waals surface area contributed by atoms with Crippen molar-refractivity contribution in [3.05, 3.63) is 46.4 Å². The number of carbonyl (C=O) groups is 1. The zero-order chi connectivity index (χ0) is 16.5. The molecule has 3 aromatic rings. The predicted molar refractivity (Wildman–Crippen MR) is 95.4 cm³/mol. The molecule has 1 aliphatic heterocycles. The number of rotatable bonds is 4. The second-order valence-electron chi connectivity index (χ2n) is 6.08. The van der Waals surface area contributed by atoms with Gasteiger partial charge >= 0.3 is 0 Å². The van der Waals surface area contributed by atoms with E-state index in [2.05, 4.69) is 15.3 Å². The number of nitrogens with zero attached hydrogens (tertiary/aromatic N) is 1. The van der Waals surface area contributed by atoms with E-state index < -0.39 is 0 Å². The van der Waals surface area contributed by atoms with E-state index in [-0.39, 0.29) is 17.9 Å². The van der Waals surface area contributed by atoms with Crippen LogP contribution in [0.1, 0.15) is 42.5 Å². The first-order valence-corrected chi connectivity index (χ1v) is 9.04. The summed E-state index contributed by atoms with van der Waals surface area (Å²) in [6.45, 7) is 2.72. The van der Waals surface area contributed by atoms with Crippen LogP contribution < -0.4 is 5.32 Å². The van der Waals surface area contributed by atoms with Gasteiger partial charge in [-0.3, -0.25) is 4.79 Å². The highest BCUT2D eigenvalue weighted by molar-refractivity contribution is 7.10. The van der Waals surface area contributed by atoms with Gasteiger partial charge in [0.2, 0.25) is 5.91 Å². The smallest absolute Gasteiger partial charge is 0.232 e. The van der Waals surface area contributed by atoms with Gasteiger partial charge in [-0.2, -0.15) is 0 Å². The molecule has 1 aromatic carbocycles. The van der Waals surface area contributed by atoms with Gasteiger partial charge in [-0.05, 0) is 49.4 Å². The maximum Gasteiger partial charge on any atom is 0.232 e. The molecule has 124 valence electrons. The molecule has 1 amide bonds. The molecule has 4 rings (SSSR count). The fourth-order valence-corrected chi connectivity index (χ4v) is 3.75. The number of hydrogen-bond donors (Lipinski definition) is 2. The Kier molecular flexibility index (Phi) is 4.08. The van der Waals surface area contributed by atoms with Crippen molar-refractivity contribution in [2.75, 3.05) is 11.9 Å². The van der Waals surface area contributed by atoms with Crippen molar-refractivity contribution in [2.24, 2.45) is 0 Å². The Morgan fingerprint density at radius 1 is 1.46 bits per heavy atom. The van der Waals surface area contributed by atoms with E-state index >= 15 is 0 Å². The minimum absolute atomic E-state index is 0.00401. The SMILES string of the molecule is C[C@@H](C(=O)Nc1ccc2nc([C@@H]3CCCO3)[nH]c2c1)c1cccs1. The third kappa shape index (κ3) is 2.95. The molecule has 24 heavy (non-hydrogen) atoms. The Morgan fingerprint density at radius 2 is 2.38 bits per heavy atom. The molecule has 2 aromatic heterocycles. The lowest BCUT2D eigenvalue weighted by molar-refractivity contribution is -0.117. The van der Waals surface area contributed by atoms with Crippen molar-refractivity contribution in [1.82, 2.24) is 9.97 Å². The summed E-state index contributed by atoms with van der Waals surface area (Å²) in [5.74, 6) is 0.707. The van der Waals surface area contributed by atoms with Crippen LogP contribution in [-0.2, 0) is 9.53 Å². The van der Waals surface area contributed by atoms with Crippen LogP contribution >= 0.6 is 11.3 Å². The molecule has 0 radical (unpaired) electrons. The van der Waals surface area contributed by atoms with E-state index in [1.54, 1.807) is 11.3 Å². The second kappa shape index (κ2) is 6.37. The van der Waals surface area contributed by atoms with Gasteiger partial charge in [0.15, 0.2) is 0 Å². The van der Waals surface area contributed by atoms with E-state index in [1.165, 1.54) is 0 Å². The number of amides is 1. The van der Waals surface area contributed by atoms with E-state index in [1.807, 2.05) is 42.6 Å². The number of ether oxygens (including phenoxy) is 1. The summed E-state index contributed by atoms with van der Waals surface area (Å²) in [6, 6.07) is 9.70. The van der Waals surface area contributed by atoms with Gasteiger partial charge in [0.25, 0.3) is 0 Å². The van der Waals surface area contributed by atoms with Crippen molar-refractivity contribution in [1.29, 1.82) is 0 Å². The van der Waals surface area contributed by atoms with E-state index in [0.717, 1.165) is 46.9 Å². The van der Waals surface area contributed by atoms with Crippen LogP contribution in [-0.4, -0.2) is 22.5 Å². The second-order valence-corrected chi connectivity index (χ2v) is 7.06. The lowest BCUT2D eigenvalue weighted by Crippen LogP contribution is -2.18. The average Bonchev–Trinajstić information content (AvgIpc) is 3.32. The molecule has 3 heterocycles. The van der Waals surface area contributed by atoms with Gasteiger partial charge in [-0.1, -0.05) is 6.07 Å².